The number of nitrogens with zero attached hydrogens (tertiary/aromatic N) is 1. The quantitative estimate of drug-likeness (QED) is 0.850. The van der Waals surface area contributed by atoms with Crippen LogP contribution in [0.3, 0.4) is 0 Å². The third-order valence-corrected chi connectivity index (χ3v) is 2.95. The van der Waals surface area contributed by atoms with E-state index in [0.717, 1.165) is 12.0 Å². The summed E-state index contributed by atoms with van der Waals surface area (Å²) >= 11 is 0. The van der Waals surface area contributed by atoms with Crippen LogP contribution in [0, 0.1) is 6.92 Å². The number of aryl methyl sites for hydroxylation is 1. The van der Waals surface area contributed by atoms with Crippen LogP contribution in [-0.4, -0.2) is 18.0 Å². The molecule has 1 saturated heterocycles. The van der Waals surface area contributed by atoms with Crippen molar-refractivity contribution in [1.82, 2.24) is 5.32 Å². The molecule has 90 valence electrons. The average molecular weight is 232 g/mol. The van der Waals surface area contributed by atoms with Crippen LogP contribution in [-0.2, 0) is 4.79 Å². The molecule has 0 spiro atoms. The van der Waals surface area contributed by atoms with Crippen molar-refractivity contribution in [1.29, 1.82) is 0 Å². The molecule has 1 fully saturated rings. The second-order valence-electron chi connectivity index (χ2n) is 4.33. The van der Waals surface area contributed by atoms with Crippen molar-refractivity contribution < 1.29 is 9.59 Å². The van der Waals surface area contributed by atoms with Crippen LogP contribution in [0.15, 0.2) is 24.3 Å². The van der Waals surface area contributed by atoms with E-state index in [1.807, 2.05) is 32.0 Å². The molecule has 0 bridgehead atoms. The topological polar surface area (TPSA) is 49.4 Å². The Morgan fingerprint density at radius 2 is 2.18 bits per heavy atom. The van der Waals surface area contributed by atoms with Gasteiger partial charge in [0.05, 0.1) is 5.69 Å². The minimum absolute atomic E-state index is 0.0314. The highest BCUT2D eigenvalue weighted by atomic mass is 16.2. The maximum Gasteiger partial charge on any atom is 0.328 e. The molecule has 0 aromatic heterocycles. The van der Waals surface area contributed by atoms with Gasteiger partial charge in [-0.2, -0.15) is 0 Å². The second kappa shape index (κ2) is 4.57. The molecule has 4 heteroatoms. The lowest BCUT2D eigenvalue weighted by molar-refractivity contribution is -0.119. The Balaban J connectivity index is 2.27. The smallest absolute Gasteiger partial charge is 0.328 e. The Kier molecular flexibility index (Phi) is 3.13. The third kappa shape index (κ3) is 2.30. The van der Waals surface area contributed by atoms with Crippen LogP contribution in [0.2, 0.25) is 0 Å². The van der Waals surface area contributed by atoms with Gasteiger partial charge in [0.1, 0.15) is 0 Å². The van der Waals surface area contributed by atoms with Crippen molar-refractivity contribution in [2.75, 3.05) is 4.90 Å². The summed E-state index contributed by atoms with van der Waals surface area (Å²) in [5.41, 5.74) is 1.67. The maximum atomic E-state index is 12.0. The van der Waals surface area contributed by atoms with E-state index in [9.17, 15) is 9.59 Å². The Morgan fingerprint density at radius 3 is 2.76 bits per heavy atom. The van der Waals surface area contributed by atoms with E-state index in [1.54, 1.807) is 6.07 Å². The summed E-state index contributed by atoms with van der Waals surface area (Å²) in [6.07, 6.45) is 1.15. The molecule has 1 aliphatic heterocycles. The Morgan fingerprint density at radius 1 is 1.41 bits per heavy atom. The first kappa shape index (κ1) is 11.6. The van der Waals surface area contributed by atoms with Crippen molar-refractivity contribution in [3.63, 3.8) is 0 Å². The molecule has 0 radical (unpaired) electrons. The molecule has 2 rings (SSSR count). The summed E-state index contributed by atoms with van der Waals surface area (Å²) in [5.74, 6) is -0.133. The van der Waals surface area contributed by atoms with Crippen molar-refractivity contribution in [3.05, 3.63) is 29.8 Å². The predicted octanol–water partition coefficient (Wildman–Crippen LogP) is 2.22. The van der Waals surface area contributed by atoms with E-state index >= 15 is 0 Å². The second-order valence-corrected chi connectivity index (χ2v) is 4.33. The zero-order valence-corrected chi connectivity index (χ0v) is 10.1. The third-order valence-electron chi connectivity index (χ3n) is 2.95. The van der Waals surface area contributed by atoms with E-state index in [0.29, 0.717) is 12.1 Å². The average Bonchev–Trinajstić information content (AvgIpc) is 2.28. The fraction of sp³-hybridized carbons (Fsp3) is 0.385. The fourth-order valence-corrected chi connectivity index (χ4v) is 1.98. The monoisotopic (exact) mass is 232 g/mol. The van der Waals surface area contributed by atoms with Crippen molar-refractivity contribution in [2.24, 2.45) is 0 Å². The number of imide groups is 1. The van der Waals surface area contributed by atoms with Gasteiger partial charge in [-0.3, -0.25) is 4.79 Å². The molecule has 4 nitrogen and oxygen atoms in total. The molecule has 0 aliphatic carbocycles. The van der Waals surface area contributed by atoms with Crippen molar-refractivity contribution in [3.8, 4) is 0 Å². The van der Waals surface area contributed by atoms with Crippen LogP contribution in [0.1, 0.15) is 25.3 Å². The van der Waals surface area contributed by atoms with Crippen LogP contribution in [0.5, 0.6) is 0 Å². The first-order valence-electron chi connectivity index (χ1n) is 5.82. The van der Waals surface area contributed by atoms with Crippen LogP contribution >= 0.6 is 0 Å². The van der Waals surface area contributed by atoms with Crippen LogP contribution in [0.25, 0.3) is 0 Å². The first-order valence-corrected chi connectivity index (χ1v) is 5.82. The highest BCUT2D eigenvalue weighted by molar-refractivity contribution is 6.16. The van der Waals surface area contributed by atoms with Gasteiger partial charge in [0.15, 0.2) is 0 Å². The lowest BCUT2D eigenvalue weighted by atomic mass is 10.1. The number of rotatable bonds is 2. The summed E-state index contributed by atoms with van der Waals surface area (Å²) in [4.78, 5) is 25.1. The van der Waals surface area contributed by atoms with E-state index < -0.39 is 0 Å². The number of nitrogens with one attached hydrogen (secondary N) is 1. The number of hydrogen-bond donors (Lipinski definition) is 1. The summed E-state index contributed by atoms with van der Waals surface area (Å²) in [6.45, 7) is 3.89. The highest BCUT2D eigenvalue weighted by Crippen LogP contribution is 2.21. The molecular formula is C13H16N2O2. The molecule has 1 aromatic carbocycles. The molecule has 1 N–H and O–H groups in total. The van der Waals surface area contributed by atoms with Gasteiger partial charge in [-0.1, -0.05) is 19.1 Å². The SMILES string of the molecule is CCC1CC(=O)N(c2cccc(C)c2)C(=O)N1. The van der Waals surface area contributed by atoms with E-state index in [-0.39, 0.29) is 18.0 Å². The van der Waals surface area contributed by atoms with Gasteiger partial charge in [0.25, 0.3) is 0 Å². The molecule has 0 saturated carbocycles. The minimum atomic E-state index is -0.321. The van der Waals surface area contributed by atoms with Crippen LogP contribution in [0.4, 0.5) is 10.5 Å². The van der Waals surface area contributed by atoms with Gasteiger partial charge in [0.2, 0.25) is 5.91 Å². The fourth-order valence-electron chi connectivity index (χ4n) is 1.98. The summed E-state index contributed by atoms with van der Waals surface area (Å²) < 4.78 is 0. The zero-order valence-electron chi connectivity index (χ0n) is 10.1. The number of carbonyl (C=O) groups excluding carboxylic acids is 2. The van der Waals surface area contributed by atoms with Gasteiger partial charge in [0, 0.05) is 12.5 Å². The normalized spacial score (nSPS) is 20.4. The van der Waals surface area contributed by atoms with Gasteiger partial charge in [-0.15, -0.1) is 0 Å². The van der Waals surface area contributed by atoms with Gasteiger partial charge < -0.3 is 5.32 Å². The summed E-state index contributed by atoms with van der Waals surface area (Å²) in [5, 5.41) is 2.83. The predicted molar refractivity (Wildman–Crippen MR) is 65.9 cm³/mol. The van der Waals surface area contributed by atoms with Gasteiger partial charge >= 0.3 is 6.03 Å². The number of amides is 3. The number of benzene rings is 1. The number of hydrogen-bond acceptors (Lipinski definition) is 2. The molecular weight excluding hydrogens is 216 g/mol. The lowest BCUT2D eigenvalue weighted by Crippen LogP contribution is -2.54. The van der Waals surface area contributed by atoms with Gasteiger partial charge in [-0.05, 0) is 31.0 Å². The number of anilines is 1. The lowest BCUT2D eigenvalue weighted by Gasteiger charge is -2.30. The number of urea groups is 1. The first-order chi connectivity index (χ1) is 8.11. The Labute approximate surface area is 101 Å². The van der Waals surface area contributed by atoms with Crippen LogP contribution < -0.4 is 10.2 Å². The Bertz CT molecular complexity index is 438. The summed E-state index contributed by atoms with van der Waals surface area (Å²) in [6, 6.07) is 7.04. The van der Waals surface area contributed by atoms with Crippen molar-refractivity contribution >= 4 is 17.6 Å². The van der Waals surface area contributed by atoms with Gasteiger partial charge in [-0.25, -0.2) is 9.69 Å². The number of carbonyl (C=O) groups is 2. The van der Waals surface area contributed by atoms with E-state index in [4.69, 9.17) is 0 Å². The molecule has 1 aromatic rings. The summed E-state index contributed by atoms with van der Waals surface area (Å²) in [7, 11) is 0. The minimum Gasteiger partial charge on any atom is -0.334 e. The van der Waals surface area contributed by atoms with Crippen molar-refractivity contribution in [2.45, 2.75) is 32.7 Å². The zero-order chi connectivity index (χ0) is 12.4. The molecule has 1 unspecified atom stereocenters. The van der Waals surface area contributed by atoms with E-state index in [1.165, 1.54) is 4.90 Å². The molecule has 1 aliphatic rings. The molecule has 1 atom stereocenters. The maximum absolute atomic E-state index is 12.0. The highest BCUT2D eigenvalue weighted by Gasteiger charge is 2.32. The Hall–Kier alpha value is -1.84. The molecule has 3 amide bonds. The molecule has 1 heterocycles. The largest absolute Gasteiger partial charge is 0.334 e. The standard InChI is InChI=1S/C13H16N2O2/c1-3-10-8-12(16)15(13(17)14-10)11-6-4-5-9(2)7-11/h4-7,10H,3,8H2,1-2H3,(H,14,17). The molecule has 17 heavy (non-hydrogen) atoms. The van der Waals surface area contributed by atoms with E-state index in [2.05, 4.69) is 5.32 Å².